The van der Waals surface area contributed by atoms with Crippen molar-refractivity contribution in [3.8, 4) is 5.75 Å². The van der Waals surface area contributed by atoms with Gasteiger partial charge in [0.1, 0.15) is 5.75 Å². The van der Waals surface area contributed by atoms with Gasteiger partial charge in [0.2, 0.25) is 0 Å². The van der Waals surface area contributed by atoms with E-state index in [1.807, 2.05) is 19.1 Å². The highest BCUT2D eigenvalue weighted by Gasteiger charge is 2.38. The average molecular weight is 284 g/mol. The van der Waals surface area contributed by atoms with E-state index in [0.29, 0.717) is 12.3 Å². The van der Waals surface area contributed by atoms with Gasteiger partial charge in [0.15, 0.2) is 5.78 Å². The van der Waals surface area contributed by atoms with Crippen LogP contribution in [-0.4, -0.2) is 12.9 Å². The van der Waals surface area contributed by atoms with Crippen LogP contribution in [0.25, 0.3) is 6.08 Å². The first kappa shape index (κ1) is 14.4. The summed E-state index contributed by atoms with van der Waals surface area (Å²) in [7, 11) is 1.69. The van der Waals surface area contributed by atoms with E-state index in [1.165, 1.54) is 18.4 Å². The monoisotopic (exact) mass is 284 g/mol. The molecule has 1 aromatic rings. The van der Waals surface area contributed by atoms with E-state index >= 15 is 0 Å². The summed E-state index contributed by atoms with van der Waals surface area (Å²) in [6.45, 7) is 6.61. The Balaban J connectivity index is 2.13. The van der Waals surface area contributed by atoms with Crippen LogP contribution in [0.2, 0.25) is 0 Å². The lowest BCUT2D eigenvalue weighted by atomic mass is 9.65. The van der Waals surface area contributed by atoms with Gasteiger partial charge >= 0.3 is 0 Å². The van der Waals surface area contributed by atoms with Crippen LogP contribution in [0.5, 0.6) is 5.75 Å². The van der Waals surface area contributed by atoms with E-state index in [4.69, 9.17) is 4.74 Å². The van der Waals surface area contributed by atoms with E-state index in [9.17, 15) is 4.79 Å². The van der Waals surface area contributed by atoms with Crippen LogP contribution in [-0.2, 0) is 0 Å². The molecule has 1 fully saturated rings. The Morgan fingerprint density at radius 3 is 2.76 bits per heavy atom. The predicted molar refractivity (Wildman–Crippen MR) is 85.8 cm³/mol. The Morgan fingerprint density at radius 2 is 2.05 bits per heavy atom. The molecule has 0 spiro atoms. The molecule has 112 valence electrons. The highest BCUT2D eigenvalue weighted by molar-refractivity contribution is 6.01. The molecule has 0 unspecified atom stereocenters. The van der Waals surface area contributed by atoms with Crippen molar-refractivity contribution < 1.29 is 9.53 Å². The molecule has 2 aliphatic rings. The molecule has 1 atom stereocenters. The molecule has 2 aliphatic carbocycles. The molecule has 0 aromatic heterocycles. The third-order valence-corrected chi connectivity index (χ3v) is 5.28. The Hall–Kier alpha value is -1.57. The van der Waals surface area contributed by atoms with E-state index in [0.717, 1.165) is 28.9 Å². The van der Waals surface area contributed by atoms with Crippen LogP contribution >= 0.6 is 0 Å². The lowest BCUT2D eigenvalue weighted by Crippen LogP contribution is -2.30. The summed E-state index contributed by atoms with van der Waals surface area (Å²) < 4.78 is 5.42. The van der Waals surface area contributed by atoms with Gasteiger partial charge in [-0.25, -0.2) is 0 Å². The Morgan fingerprint density at radius 1 is 1.29 bits per heavy atom. The quantitative estimate of drug-likeness (QED) is 0.740. The second kappa shape index (κ2) is 5.01. The zero-order valence-corrected chi connectivity index (χ0v) is 13.5. The van der Waals surface area contributed by atoms with Crippen molar-refractivity contribution in [1.29, 1.82) is 0 Å². The van der Waals surface area contributed by atoms with Crippen LogP contribution in [0.15, 0.2) is 17.7 Å². The number of Topliss-reactive ketones (excluding diaryl/α,β-unsaturated/α-hetero) is 1. The number of aryl methyl sites for hydroxylation is 1. The van der Waals surface area contributed by atoms with Crippen molar-refractivity contribution in [1.82, 2.24) is 0 Å². The maximum absolute atomic E-state index is 12.7. The molecule has 0 heterocycles. The molecule has 3 rings (SSSR count). The normalized spacial score (nSPS) is 23.7. The first-order valence-electron chi connectivity index (χ1n) is 7.84. The molecule has 0 N–H and O–H groups in total. The fourth-order valence-electron chi connectivity index (χ4n) is 3.96. The summed E-state index contributed by atoms with van der Waals surface area (Å²) in [4.78, 5) is 12.7. The first-order valence-corrected chi connectivity index (χ1v) is 7.84. The highest BCUT2D eigenvalue weighted by atomic mass is 16.5. The minimum absolute atomic E-state index is 0.223. The van der Waals surface area contributed by atoms with Gasteiger partial charge in [-0.05, 0) is 60.8 Å². The highest BCUT2D eigenvalue weighted by Crippen LogP contribution is 2.48. The fraction of sp³-hybridized carbons (Fsp3) is 0.526. The van der Waals surface area contributed by atoms with Crippen molar-refractivity contribution in [2.24, 2.45) is 11.3 Å². The van der Waals surface area contributed by atoms with Gasteiger partial charge in [0.25, 0.3) is 0 Å². The molecule has 2 heteroatoms. The molecule has 0 saturated heterocycles. The van der Waals surface area contributed by atoms with Crippen molar-refractivity contribution in [3.63, 3.8) is 0 Å². The number of carbonyl (C=O) groups excluding carboxylic acids is 1. The third kappa shape index (κ3) is 2.41. The maximum atomic E-state index is 12.7. The molecule has 21 heavy (non-hydrogen) atoms. The molecular formula is C19H24O2. The van der Waals surface area contributed by atoms with E-state index in [-0.39, 0.29) is 11.2 Å². The summed E-state index contributed by atoms with van der Waals surface area (Å²) in [6.07, 6.45) is 6.46. The van der Waals surface area contributed by atoms with Gasteiger partial charge in [0, 0.05) is 12.0 Å². The second-order valence-electron chi connectivity index (χ2n) is 7.15. The molecule has 0 amide bonds. The van der Waals surface area contributed by atoms with Crippen molar-refractivity contribution in [3.05, 3.63) is 34.4 Å². The van der Waals surface area contributed by atoms with Crippen LogP contribution in [0.4, 0.5) is 0 Å². The summed E-state index contributed by atoms with van der Waals surface area (Å²) in [5, 5.41) is 0. The summed E-state index contributed by atoms with van der Waals surface area (Å²) >= 11 is 0. The maximum Gasteiger partial charge on any atom is 0.164 e. The Bertz CT molecular complexity index is 623. The first-order chi connectivity index (χ1) is 9.92. The number of ketones is 1. The SMILES string of the molecule is COc1cc2c(cc1C)C(=O)C[C@@H]1C(=C2)CCCC1(C)C. The predicted octanol–water partition coefficient (Wildman–Crippen LogP) is 4.80. The van der Waals surface area contributed by atoms with Crippen LogP contribution in [0.3, 0.4) is 0 Å². The second-order valence-corrected chi connectivity index (χ2v) is 7.15. The van der Waals surface area contributed by atoms with E-state index < -0.39 is 0 Å². The van der Waals surface area contributed by atoms with Crippen LogP contribution in [0, 0.1) is 18.3 Å². The molecule has 0 aliphatic heterocycles. The molecule has 0 bridgehead atoms. The number of benzene rings is 1. The number of hydrogen-bond donors (Lipinski definition) is 0. The Kier molecular flexibility index (Phi) is 3.43. The van der Waals surface area contributed by atoms with E-state index in [2.05, 4.69) is 19.9 Å². The summed E-state index contributed by atoms with van der Waals surface area (Å²) in [6, 6.07) is 4.03. The molecule has 1 saturated carbocycles. The van der Waals surface area contributed by atoms with Gasteiger partial charge in [-0.3, -0.25) is 4.79 Å². The van der Waals surface area contributed by atoms with Gasteiger partial charge in [-0.15, -0.1) is 0 Å². The topological polar surface area (TPSA) is 26.3 Å². The van der Waals surface area contributed by atoms with E-state index in [1.54, 1.807) is 7.11 Å². The van der Waals surface area contributed by atoms with Gasteiger partial charge in [0.05, 0.1) is 7.11 Å². The Labute approximate surface area is 127 Å². The number of hydrogen-bond acceptors (Lipinski definition) is 2. The fourth-order valence-corrected chi connectivity index (χ4v) is 3.96. The van der Waals surface area contributed by atoms with Crippen molar-refractivity contribution >= 4 is 11.9 Å². The smallest absolute Gasteiger partial charge is 0.164 e. The largest absolute Gasteiger partial charge is 0.496 e. The van der Waals surface area contributed by atoms with Crippen molar-refractivity contribution in [2.75, 3.05) is 7.11 Å². The number of allylic oxidation sites excluding steroid dienone is 1. The number of methoxy groups -OCH3 is 1. The van der Waals surface area contributed by atoms with Gasteiger partial charge in [-0.2, -0.15) is 0 Å². The minimum Gasteiger partial charge on any atom is -0.496 e. The zero-order valence-electron chi connectivity index (χ0n) is 13.5. The molecular weight excluding hydrogens is 260 g/mol. The summed E-state index contributed by atoms with van der Waals surface area (Å²) in [5.74, 6) is 1.53. The standard InChI is InChI=1S/C19H24O2/c1-12-8-15-14(10-18(12)21-4)9-13-6-5-7-19(2,3)16(13)11-17(15)20/h8-10,16H,5-7,11H2,1-4H3/t16-/m1/s1. The minimum atomic E-state index is 0.223. The molecule has 1 aromatic carbocycles. The van der Waals surface area contributed by atoms with Gasteiger partial charge < -0.3 is 4.74 Å². The lowest BCUT2D eigenvalue weighted by molar-refractivity contribution is 0.0906. The molecule has 2 nitrogen and oxygen atoms in total. The zero-order chi connectivity index (χ0) is 15.2. The van der Waals surface area contributed by atoms with Crippen LogP contribution in [0.1, 0.15) is 61.0 Å². The average Bonchev–Trinajstić information content (AvgIpc) is 2.56. The van der Waals surface area contributed by atoms with Crippen LogP contribution < -0.4 is 4.74 Å². The number of fused-ring (bicyclic) bond motifs is 2. The molecule has 0 radical (unpaired) electrons. The number of ether oxygens (including phenoxy) is 1. The van der Waals surface area contributed by atoms with Gasteiger partial charge in [-0.1, -0.05) is 25.5 Å². The third-order valence-electron chi connectivity index (χ3n) is 5.28. The number of rotatable bonds is 1. The van der Waals surface area contributed by atoms with Crippen molar-refractivity contribution in [2.45, 2.75) is 46.5 Å². The lowest BCUT2D eigenvalue weighted by Gasteiger charge is -2.40. The summed E-state index contributed by atoms with van der Waals surface area (Å²) in [5.41, 5.74) is 4.61. The number of carbonyl (C=O) groups is 1.